The van der Waals surface area contributed by atoms with Gasteiger partial charge in [-0.05, 0) is 12.8 Å². The molecule has 0 aliphatic carbocycles. The molecule has 1 saturated heterocycles. The summed E-state index contributed by atoms with van der Waals surface area (Å²) in [5.74, 6) is -2.95. The molecule has 9 heteroatoms. The number of carbonyl (C=O) groups excluding carboxylic acids is 3. The number of aliphatic carboxylic acids is 1. The van der Waals surface area contributed by atoms with Gasteiger partial charge in [0.1, 0.15) is 6.04 Å². The lowest BCUT2D eigenvalue weighted by Crippen LogP contribution is -2.49. The second-order valence-corrected chi connectivity index (χ2v) is 4.58. The minimum atomic E-state index is -1.12. The summed E-state index contributed by atoms with van der Waals surface area (Å²) in [4.78, 5) is 46.1. The van der Waals surface area contributed by atoms with E-state index in [4.69, 9.17) is 16.6 Å². The number of nitrogens with two attached hydrogens (primary N) is 2. The Kier molecular flexibility index (Phi) is 5.44. The van der Waals surface area contributed by atoms with Gasteiger partial charge in [0, 0.05) is 6.54 Å². The summed E-state index contributed by atoms with van der Waals surface area (Å²) in [6, 6.07) is -1.96. The van der Waals surface area contributed by atoms with Gasteiger partial charge < -0.3 is 26.8 Å². The molecule has 0 bridgehead atoms. The van der Waals surface area contributed by atoms with Crippen molar-refractivity contribution in [1.82, 2.24) is 10.2 Å². The monoisotopic (exact) mass is 286 g/mol. The highest BCUT2D eigenvalue weighted by Crippen LogP contribution is 2.17. The average Bonchev–Trinajstić information content (AvgIpc) is 2.83. The molecule has 1 aliphatic rings. The molecule has 0 aromatic heterocycles. The molecular formula is C11H18N4O5. The molecular weight excluding hydrogens is 268 g/mol. The summed E-state index contributed by atoms with van der Waals surface area (Å²) in [6.45, 7) is -0.00587. The first-order chi connectivity index (χ1) is 9.32. The number of carboxylic acid groups (broad SMARTS) is 1. The molecule has 6 N–H and O–H groups in total. The highest BCUT2D eigenvalue weighted by molar-refractivity contribution is 5.91. The van der Waals surface area contributed by atoms with Crippen LogP contribution in [0.15, 0.2) is 0 Å². The maximum Gasteiger partial charge on any atom is 0.326 e. The second-order valence-electron chi connectivity index (χ2n) is 4.58. The van der Waals surface area contributed by atoms with Crippen molar-refractivity contribution in [1.29, 1.82) is 0 Å². The van der Waals surface area contributed by atoms with Crippen molar-refractivity contribution in [3.63, 3.8) is 0 Å². The normalized spacial score (nSPS) is 19.4. The molecule has 2 atom stereocenters. The SMILES string of the molecule is NC(=O)C[C@H](N)C(=O)NCC(=O)N1CCC[C@H]1C(=O)O. The van der Waals surface area contributed by atoms with Crippen molar-refractivity contribution in [3.8, 4) is 0 Å². The van der Waals surface area contributed by atoms with E-state index in [1.54, 1.807) is 0 Å². The Labute approximate surface area is 115 Å². The Balaban J connectivity index is 2.45. The summed E-state index contributed by atoms with van der Waals surface area (Å²) >= 11 is 0. The van der Waals surface area contributed by atoms with Gasteiger partial charge >= 0.3 is 5.97 Å². The van der Waals surface area contributed by atoms with Gasteiger partial charge in [0.2, 0.25) is 17.7 Å². The number of carbonyl (C=O) groups is 4. The molecule has 1 fully saturated rings. The highest BCUT2D eigenvalue weighted by Gasteiger charge is 2.33. The minimum Gasteiger partial charge on any atom is -0.480 e. The first-order valence-electron chi connectivity index (χ1n) is 6.16. The Morgan fingerprint density at radius 3 is 2.55 bits per heavy atom. The van der Waals surface area contributed by atoms with Crippen LogP contribution < -0.4 is 16.8 Å². The van der Waals surface area contributed by atoms with E-state index in [2.05, 4.69) is 5.32 Å². The third kappa shape index (κ3) is 4.19. The number of carboxylic acids is 1. The van der Waals surface area contributed by atoms with Crippen molar-refractivity contribution in [2.75, 3.05) is 13.1 Å². The number of primary amides is 1. The number of amides is 3. The number of likely N-dealkylation sites (tertiary alicyclic amines) is 1. The third-order valence-electron chi connectivity index (χ3n) is 3.03. The van der Waals surface area contributed by atoms with Crippen LogP contribution in [0.1, 0.15) is 19.3 Å². The Morgan fingerprint density at radius 2 is 2.00 bits per heavy atom. The Morgan fingerprint density at radius 1 is 1.35 bits per heavy atom. The second kappa shape index (κ2) is 6.85. The lowest BCUT2D eigenvalue weighted by Gasteiger charge is -2.21. The fourth-order valence-electron chi connectivity index (χ4n) is 2.03. The van der Waals surface area contributed by atoms with Gasteiger partial charge in [-0.25, -0.2) is 4.79 Å². The fraction of sp³-hybridized carbons (Fsp3) is 0.636. The van der Waals surface area contributed by atoms with Crippen LogP contribution in [0.25, 0.3) is 0 Å². The van der Waals surface area contributed by atoms with Gasteiger partial charge in [0.15, 0.2) is 0 Å². The molecule has 0 aromatic carbocycles. The smallest absolute Gasteiger partial charge is 0.326 e. The molecule has 0 radical (unpaired) electrons. The van der Waals surface area contributed by atoms with Gasteiger partial charge in [-0.2, -0.15) is 0 Å². The van der Waals surface area contributed by atoms with Gasteiger partial charge in [-0.15, -0.1) is 0 Å². The van der Waals surface area contributed by atoms with Crippen LogP contribution in [0, 0.1) is 0 Å². The van der Waals surface area contributed by atoms with E-state index in [0.29, 0.717) is 19.4 Å². The molecule has 3 amide bonds. The van der Waals surface area contributed by atoms with Crippen LogP contribution in [-0.2, 0) is 19.2 Å². The predicted molar refractivity (Wildman–Crippen MR) is 67.2 cm³/mol. The van der Waals surface area contributed by atoms with Gasteiger partial charge in [-0.3, -0.25) is 14.4 Å². The van der Waals surface area contributed by atoms with Gasteiger partial charge in [-0.1, -0.05) is 0 Å². The fourth-order valence-corrected chi connectivity index (χ4v) is 2.03. The quantitative estimate of drug-likeness (QED) is 0.419. The highest BCUT2D eigenvalue weighted by atomic mass is 16.4. The number of nitrogens with zero attached hydrogens (tertiary/aromatic N) is 1. The summed E-state index contributed by atoms with van der Waals surface area (Å²) in [5.41, 5.74) is 10.3. The van der Waals surface area contributed by atoms with E-state index in [0.717, 1.165) is 0 Å². The molecule has 0 unspecified atom stereocenters. The van der Waals surface area contributed by atoms with Gasteiger partial charge in [0.05, 0.1) is 19.0 Å². The predicted octanol–water partition coefficient (Wildman–Crippen LogP) is -2.62. The lowest BCUT2D eigenvalue weighted by molar-refractivity contribution is -0.148. The number of nitrogens with one attached hydrogen (secondary N) is 1. The molecule has 1 rings (SSSR count). The van der Waals surface area contributed by atoms with E-state index < -0.39 is 35.8 Å². The lowest BCUT2D eigenvalue weighted by atomic mass is 10.2. The van der Waals surface area contributed by atoms with E-state index in [-0.39, 0.29) is 13.0 Å². The summed E-state index contributed by atoms with van der Waals surface area (Å²) in [7, 11) is 0. The van der Waals surface area contributed by atoms with Crippen LogP contribution >= 0.6 is 0 Å². The van der Waals surface area contributed by atoms with E-state index in [1.165, 1.54) is 4.90 Å². The molecule has 20 heavy (non-hydrogen) atoms. The largest absolute Gasteiger partial charge is 0.480 e. The Hall–Kier alpha value is -2.16. The number of rotatable bonds is 6. The van der Waals surface area contributed by atoms with Crippen LogP contribution in [0.3, 0.4) is 0 Å². The van der Waals surface area contributed by atoms with Crippen molar-refractivity contribution in [3.05, 3.63) is 0 Å². The zero-order valence-electron chi connectivity index (χ0n) is 10.9. The van der Waals surface area contributed by atoms with Crippen LogP contribution in [0.2, 0.25) is 0 Å². The summed E-state index contributed by atoms with van der Waals surface area (Å²) < 4.78 is 0. The van der Waals surface area contributed by atoms with Crippen molar-refractivity contribution in [2.24, 2.45) is 11.5 Å². The minimum absolute atomic E-state index is 0.318. The average molecular weight is 286 g/mol. The molecule has 1 aliphatic heterocycles. The van der Waals surface area contributed by atoms with Crippen molar-refractivity contribution in [2.45, 2.75) is 31.3 Å². The van der Waals surface area contributed by atoms with E-state index in [9.17, 15) is 19.2 Å². The molecule has 0 spiro atoms. The van der Waals surface area contributed by atoms with Crippen LogP contribution in [-0.4, -0.2) is 58.9 Å². The van der Waals surface area contributed by atoms with Crippen molar-refractivity contribution >= 4 is 23.7 Å². The zero-order chi connectivity index (χ0) is 15.3. The maximum atomic E-state index is 11.8. The molecule has 1 heterocycles. The van der Waals surface area contributed by atoms with Gasteiger partial charge in [0.25, 0.3) is 0 Å². The van der Waals surface area contributed by atoms with E-state index >= 15 is 0 Å². The van der Waals surface area contributed by atoms with Crippen molar-refractivity contribution < 1.29 is 24.3 Å². The topological polar surface area (TPSA) is 156 Å². The van der Waals surface area contributed by atoms with E-state index in [1.807, 2.05) is 0 Å². The van der Waals surface area contributed by atoms with Crippen LogP contribution in [0.5, 0.6) is 0 Å². The molecule has 112 valence electrons. The number of hydrogen-bond acceptors (Lipinski definition) is 5. The molecule has 0 aromatic rings. The first-order valence-corrected chi connectivity index (χ1v) is 6.16. The third-order valence-corrected chi connectivity index (χ3v) is 3.03. The van der Waals surface area contributed by atoms with Crippen LogP contribution in [0.4, 0.5) is 0 Å². The number of hydrogen-bond donors (Lipinski definition) is 4. The summed E-state index contributed by atoms with van der Waals surface area (Å²) in [6.07, 6.45) is 0.690. The molecule has 9 nitrogen and oxygen atoms in total. The standard InChI is InChI=1S/C11H18N4O5/c12-6(4-8(13)16)10(18)14-5-9(17)15-3-1-2-7(15)11(19)20/h6-7H,1-5,12H2,(H2,13,16)(H,14,18)(H,19,20)/t6-,7-/m0/s1. The maximum absolute atomic E-state index is 11.8. The summed E-state index contributed by atoms with van der Waals surface area (Å²) in [5, 5.41) is 11.2. The molecule has 0 saturated carbocycles. The zero-order valence-corrected chi connectivity index (χ0v) is 10.9. The first kappa shape index (κ1) is 15.9. The Bertz CT molecular complexity index is 425.